The zero-order valence-electron chi connectivity index (χ0n) is 11.6. The van der Waals surface area contributed by atoms with Gasteiger partial charge < -0.3 is 10.1 Å². The molecule has 1 unspecified atom stereocenters. The number of nitrogens with one attached hydrogen (secondary N) is 1. The van der Waals surface area contributed by atoms with Gasteiger partial charge in [-0.2, -0.15) is 4.39 Å². The molecule has 0 radical (unpaired) electrons. The number of nitrogens with zero attached hydrogens (tertiary/aromatic N) is 1. The van der Waals surface area contributed by atoms with Gasteiger partial charge in [-0.1, -0.05) is 0 Å². The second-order valence-corrected chi connectivity index (χ2v) is 4.45. The Labute approximate surface area is 120 Å². The third-order valence-corrected chi connectivity index (χ3v) is 3.00. The molecule has 0 aliphatic rings. The molecular weight excluding hydrogens is 278 g/mol. The summed E-state index contributed by atoms with van der Waals surface area (Å²) in [6.07, 6.45) is 1.14. The highest BCUT2D eigenvalue weighted by Gasteiger charge is 2.16. The van der Waals surface area contributed by atoms with Crippen LogP contribution in [-0.2, 0) is 0 Å². The van der Waals surface area contributed by atoms with Crippen molar-refractivity contribution in [2.75, 3.05) is 7.11 Å². The summed E-state index contributed by atoms with van der Waals surface area (Å²) < 4.78 is 31.2. The average Bonchev–Trinajstić information content (AvgIpc) is 2.47. The van der Waals surface area contributed by atoms with E-state index in [1.165, 1.54) is 31.4 Å². The van der Waals surface area contributed by atoms with E-state index < -0.39 is 23.7 Å². The van der Waals surface area contributed by atoms with Crippen LogP contribution in [0, 0.1) is 11.8 Å². The Morgan fingerprint density at radius 2 is 2.05 bits per heavy atom. The molecule has 0 spiro atoms. The molecule has 0 aliphatic carbocycles. The minimum absolute atomic E-state index is 0.221. The number of carbonyl (C=O) groups excluding carboxylic acids is 1. The van der Waals surface area contributed by atoms with Crippen LogP contribution in [0.15, 0.2) is 36.5 Å². The van der Waals surface area contributed by atoms with Crippen molar-refractivity contribution in [2.45, 2.75) is 13.0 Å². The van der Waals surface area contributed by atoms with E-state index in [1.54, 1.807) is 6.92 Å². The Morgan fingerprint density at radius 1 is 1.29 bits per heavy atom. The summed E-state index contributed by atoms with van der Waals surface area (Å²) in [7, 11) is 1.47. The normalized spacial score (nSPS) is 11.8. The van der Waals surface area contributed by atoms with Crippen LogP contribution in [0.2, 0.25) is 0 Å². The quantitative estimate of drug-likeness (QED) is 0.882. The Balaban J connectivity index is 2.17. The lowest BCUT2D eigenvalue weighted by molar-refractivity contribution is 0.0939. The minimum atomic E-state index is -0.661. The summed E-state index contributed by atoms with van der Waals surface area (Å²) in [6, 6.07) is 6.02. The van der Waals surface area contributed by atoms with Gasteiger partial charge in [0, 0.05) is 11.8 Å². The first-order chi connectivity index (χ1) is 10.0. The van der Waals surface area contributed by atoms with Crippen LogP contribution >= 0.6 is 0 Å². The van der Waals surface area contributed by atoms with Crippen LogP contribution in [0.3, 0.4) is 0 Å². The van der Waals surface area contributed by atoms with E-state index in [9.17, 15) is 13.6 Å². The van der Waals surface area contributed by atoms with Crippen molar-refractivity contribution in [3.8, 4) is 5.75 Å². The molecule has 1 amide bonds. The highest BCUT2D eigenvalue weighted by atomic mass is 19.1. The molecule has 0 aliphatic heterocycles. The maximum atomic E-state index is 13.3. The molecule has 1 atom stereocenters. The zero-order chi connectivity index (χ0) is 15.4. The van der Waals surface area contributed by atoms with Gasteiger partial charge in [-0.05, 0) is 37.3 Å². The van der Waals surface area contributed by atoms with Gasteiger partial charge in [0.1, 0.15) is 11.6 Å². The lowest BCUT2D eigenvalue weighted by atomic mass is 10.1. The molecule has 0 fully saturated rings. The smallest absolute Gasteiger partial charge is 0.253 e. The fraction of sp³-hybridized carbons (Fsp3) is 0.200. The molecule has 6 heteroatoms. The van der Waals surface area contributed by atoms with Gasteiger partial charge in [-0.25, -0.2) is 9.37 Å². The van der Waals surface area contributed by atoms with Crippen LogP contribution in [0.5, 0.6) is 5.75 Å². The number of ether oxygens (including phenoxy) is 1. The van der Waals surface area contributed by atoms with Crippen molar-refractivity contribution in [2.24, 2.45) is 0 Å². The maximum Gasteiger partial charge on any atom is 0.253 e. The second-order valence-electron chi connectivity index (χ2n) is 4.45. The lowest BCUT2D eigenvalue weighted by Gasteiger charge is -2.17. The van der Waals surface area contributed by atoms with Crippen molar-refractivity contribution in [1.29, 1.82) is 0 Å². The molecule has 4 nitrogen and oxygen atoms in total. The van der Waals surface area contributed by atoms with Crippen molar-refractivity contribution in [3.05, 3.63) is 59.4 Å². The number of amides is 1. The molecule has 2 aromatic rings. The molecule has 2 rings (SSSR count). The summed E-state index contributed by atoms with van der Waals surface area (Å²) >= 11 is 0. The summed E-state index contributed by atoms with van der Waals surface area (Å²) in [5.74, 6) is -1.04. The molecule has 1 aromatic heterocycles. The monoisotopic (exact) mass is 292 g/mol. The molecule has 110 valence electrons. The molecule has 1 aromatic carbocycles. The van der Waals surface area contributed by atoms with E-state index in [0.717, 1.165) is 12.3 Å². The van der Waals surface area contributed by atoms with Crippen molar-refractivity contribution < 1.29 is 18.3 Å². The Bertz CT molecular complexity index is 645. The number of rotatable bonds is 4. The van der Waals surface area contributed by atoms with Crippen molar-refractivity contribution in [3.63, 3.8) is 0 Å². The predicted molar refractivity (Wildman–Crippen MR) is 73.0 cm³/mol. The predicted octanol–water partition coefficient (Wildman–Crippen LogP) is 2.86. The number of methoxy groups -OCH3 is 1. The topological polar surface area (TPSA) is 51.2 Å². The number of hydrogen-bond acceptors (Lipinski definition) is 3. The van der Waals surface area contributed by atoms with E-state index in [2.05, 4.69) is 10.3 Å². The van der Waals surface area contributed by atoms with E-state index in [4.69, 9.17) is 4.74 Å². The van der Waals surface area contributed by atoms with E-state index in [-0.39, 0.29) is 5.56 Å². The summed E-state index contributed by atoms with van der Waals surface area (Å²) in [4.78, 5) is 15.4. The van der Waals surface area contributed by atoms with Gasteiger partial charge in [-0.15, -0.1) is 0 Å². The van der Waals surface area contributed by atoms with E-state index in [0.29, 0.717) is 11.3 Å². The number of hydrogen-bond donors (Lipinski definition) is 1. The number of benzene rings is 1. The third-order valence-electron chi connectivity index (χ3n) is 3.00. The first-order valence-electron chi connectivity index (χ1n) is 6.27. The third kappa shape index (κ3) is 3.53. The van der Waals surface area contributed by atoms with Crippen LogP contribution in [-0.4, -0.2) is 18.0 Å². The molecule has 21 heavy (non-hydrogen) atoms. The summed E-state index contributed by atoms with van der Waals surface area (Å²) in [6.45, 7) is 1.70. The summed E-state index contributed by atoms with van der Waals surface area (Å²) in [5.41, 5.74) is 0.736. The van der Waals surface area contributed by atoms with E-state index in [1.807, 2.05) is 0 Å². The molecule has 1 N–H and O–H groups in total. The Morgan fingerprint density at radius 3 is 2.67 bits per heavy atom. The van der Waals surface area contributed by atoms with Crippen molar-refractivity contribution in [1.82, 2.24) is 10.3 Å². The van der Waals surface area contributed by atoms with Gasteiger partial charge in [0.15, 0.2) is 0 Å². The molecular formula is C15H14F2N2O2. The lowest BCUT2D eigenvalue weighted by Crippen LogP contribution is -2.27. The first-order valence-corrected chi connectivity index (χ1v) is 6.27. The highest BCUT2D eigenvalue weighted by molar-refractivity contribution is 5.94. The van der Waals surface area contributed by atoms with Gasteiger partial charge >= 0.3 is 0 Å². The standard InChI is InChI=1S/C15H14F2N2O2/c1-9(12-7-11(16)4-5-13(12)21-2)19-15(20)10-3-6-14(17)18-8-10/h3-9H,1-2H3,(H,19,20). The highest BCUT2D eigenvalue weighted by Crippen LogP contribution is 2.26. The number of pyridine rings is 1. The van der Waals surface area contributed by atoms with Gasteiger partial charge in [0.25, 0.3) is 5.91 Å². The van der Waals surface area contributed by atoms with Gasteiger partial charge in [0.05, 0.1) is 18.7 Å². The van der Waals surface area contributed by atoms with E-state index >= 15 is 0 Å². The fourth-order valence-electron chi connectivity index (χ4n) is 1.91. The van der Waals surface area contributed by atoms with Crippen molar-refractivity contribution >= 4 is 5.91 Å². The van der Waals surface area contributed by atoms with Crippen LogP contribution in [0.25, 0.3) is 0 Å². The fourth-order valence-corrected chi connectivity index (χ4v) is 1.91. The maximum absolute atomic E-state index is 13.3. The molecule has 1 heterocycles. The minimum Gasteiger partial charge on any atom is -0.496 e. The number of aromatic nitrogens is 1. The van der Waals surface area contributed by atoms with Crippen LogP contribution in [0.4, 0.5) is 8.78 Å². The number of carbonyl (C=O) groups is 1. The van der Waals surface area contributed by atoms with Crippen LogP contribution in [0.1, 0.15) is 28.9 Å². The first kappa shape index (κ1) is 14.9. The Hall–Kier alpha value is -2.50. The Kier molecular flexibility index (Phi) is 4.47. The summed E-state index contributed by atoms with van der Waals surface area (Å²) in [5, 5.41) is 2.69. The molecule has 0 saturated carbocycles. The largest absolute Gasteiger partial charge is 0.496 e. The van der Waals surface area contributed by atoms with Crippen LogP contribution < -0.4 is 10.1 Å². The van der Waals surface area contributed by atoms with Gasteiger partial charge in [0.2, 0.25) is 5.95 Å². The van der Waals surface area contributed by atoms with Gasteiger partial charge in [-0.3, -0.25) is 4.79 Å². The molecule has 0 saturated heterocycles. The second kappa shape index (κ2) is 6.30. The average molecular weight is 292 g/mol. The molecule has 0 bridgehead atoms. The zero-order valence-corrected chi connectivity index (χ0v) is 11.6. The SMILES string of the molecule is COc1ccc(F)cc1C(C)NC(=O)c1ccc(F)nc1. The number of halogens is 2.